The number of fused-ring (bicyclic) bond motifs is 1. The van der Waals surface area contributed by atoms with Gasteiger partial charge < -0.3 is 19.7 Å². The van der Waals surface area contributed by atoms with Gasteiger partial charge in [0, 0.05) is 10.4 Å². The molecule has 8 heteroatoms. The van der Waals surface area contributed by atoms with E-state index in [0.29, 0.717) is 21.9 Å². The molecule has 3 heterocycles. The maximum absolute atomic E-state index is 13.1. The Morgan fingerprint density at radius 2 is 1.90 bits per heavy atom. The first-order chi connectivity index (χ1) is 15.0. The molecule has 0 saturated carbocycles. The van der Waals surface area contributed by atoms with Gasteiger partial charge in [0.2, 0.25) is 6.79 Å². The maximum Gasteiger partial charge on any atom is 0.300 e. The Morgan fingerprint density at radius 1 is 1.10 bits per heavy atom. The summed E-state index contributed by atoms with van der Waals surface area (Å²) in [6.07, 6.45) is 0. The third kappa shape index (κ3) is 3.03. The van der Waals surface area contributed by atoms with Crippen LogP contribution in [0.15, 0.2) is 59.5 Å². The molecule has 2 N–H and O–H groups in total. The smallest absolute Gasteiger partial charge is 0.300 e. The van der Waals surface area contributed by atoms with Crippen molar-refractivity contribution in [1.29, 1.82) is 0 Å². The van der Waals surface area contributed by atoms with Gasteiger partial charge in [-0.2, -0.15) is 0 Å². The molecule has 1 amide bonds. The number of hydrogen-bond acceptors (Lipinski definition) is 7. The summed E-state index contributed by atoms with van der Waals surface area (Å²) < 4.78 is 10.7. The Bertz CT molecular complexity index is 1250. The predicted octanol–water partition coefficient (Wildman–Crippen LogP) is 4.12. The average molecular weight is 435 g/mol. The minimum Gasteiger partial charge on any atom is -0.507 e. The summed E-state index contributed by atoms with van der Waals surface area (Å²) in [6, 6.07) is 12.4. The summed E-state index contributed by atoms with van der Waals surface area (Å²) in [7, 11) is 0. The molecule has 1 atom stereocenters. The number of hydrogen-bond donors (Lipinski definition) is 2. The second kappa shape index (κ2) is 7.17. The molecule has 2 aliphatic rings. The molecular weight excluding hydrogens is 418 g/mol. The van der Waals surface area contributed by atoms with Gasteiger partial charge in [-0.1, -0.05) is 12.1 Å². The Morgan fingerprint density at radius 3 is 2.68 bits per heavy atom. The fourth-order valence-electron chi connectivity index (χ4n) is 3.82. The van der Waals surface area contributed by atoms with E-state index in [1.807, 2.05) is 12.3 Å². The van der Waals surface area contributed by atoms with Crippen molar-refractivity contribution >= 4 is 34.5 Å². The highest BCUT2D eigenvalue weighted by Gasteiger charge is 2.48. The Kier molecular flexibility index (Phi) is 4.44. The maximum atomic E-state index is 13.1. The molecule has 1 saturated heterocycles. The van der Waals surface area contributed by atoms with Crippen LogP contribution in [0, 0.1) is 6.92 Å². The van der Waals surface area contributed by atoms with Crippen LogP contribution in [0.3, 0.4) is 0 Å². The van der Waals surface area contributed by atoms with Crippen LogP contribution in [-0.2, 0) is 9.59 Å². The van der Waals surface area contributed by atoms with Crippen molar-refractivity contribution in [2.75, 3.05) is 11.7 Å². The number of anilines is 1. The van der Waals surface area contributed by atoms with E-state index in [1.165, 1.54) is 22.3 Å². The standard InChI is InChI=1S/C23H17NO6S/c1-12-4-6-15(25)14(9-12)24-20(18-3-2-8-31-18)19(22(27)23(24)28)21(26)13-5-7-16-17(10-13)30-11-29-16/h2-10,20,25-26H,11H2,1H3/b21-19-. The molecule has 3 aromatic rings. The topological polar surface area (TPSA) is 96.3 Å². The molecule has 0 radical (unpaired) electrons. The first kappa shape index (κ1) is 19.2. The minimum absolute atomic E-state index is 0.0489. The van der Waals surface area contributed by atoms with Gasteiger partial charge in [-0.05, 0) is 54.3 Å². The number of phenolic OH excluding ortho intramolecular Hbond substituents is 1. The van der Waals surface area contributed by atoms with Gasteiger partial charge in [-0.3, -0.25) is 14.5 Å². The van der Waals surface area contributed by atoms with Crippen LogP contribution in [0.2, 0.25) is 0 Å². The molecule has 5 rings (SSSR count). The first-order valence-corrected chi connectivity index (χ1v) is 10.4. The van der Waals surface area contributed by atoms with Crippen molar-refractivity contribution in [2.24, 2.45) is 0 Å². The van der Waals surface area contributed by atoms with E-state index in [4.69, 9.17) is 9.47 Å². The van der Waals surface area contributed by atoms with E-state index < -0.39 is 17.7 Å². The van der Waals surface area contributed by atoms with Gasteiger partial charge >= 0.3 is 0 Å². The summed E-state index contributed by atoms with van der Waals surface area (Å²) in [5.74, 6) is -1.10. The van der Waals surface area contributed by atoms with Crippen LogP contribution in [0.25, 0.3) is 5.76 Å². The normalized spacial score (nSPS) is 19.3. The van der Waals surface area contributed by atoms with E-state index in [9.17, 15) is 19.8 Å². The van der Waals surface area contributed by atoms with E-state index in [2.05, 4.69) is 0 Å². The highest BCUT2D eigenvalue weighted by atomic mass is 32.1. The SMILES string of the molecule is Cc1ccc(O)c(N2C(=O)C(=O)/C(=C(\O)c3ccc4c(c3)OCO4)C2c2cccs2)c1. The number of ketones is 1. The number of thiophene rings is 1. The van der Waals surface area contributed by atoms with Crippen molar-refractivity contribution in [1.82, 2.24) is 0 Å². The fraction of sp³-hybridized carbons (Fsp3) is 0.130. The number of ether oxygens (including phenoxy) is 2. The molecule has 7 nitrogen and oxygen atoms in total. The zero-order valence-electron chi connectivity index (χ0n) is 16.4. The summed E-state index contributed by atoms with van der Waals surface area (Å²) in [5, 5.41) is 23.4. The monoisotopic (exact) mass is 435 g/mol. The van der Waals surface area contributed by atoms with Gasteiger partial charge in [0.1, 0.15) is 17.6 Å². The van der Waals surface area contributed by atoms with Gasteiger partial charge in [0.25, 0.3) is 11.7 Å². The van der Waals surface area contributed by atoms with Gasteiger partial charge in [-0.15, -0.1) is 11.3 Å². The zero-order chi connectivity index (χ0) is 21.7. The molecule has 2 aromatic carbocycles. The number of aryl methyl sites for hydroxylation is 1. The second-order valence-electron chi connectivity index (χ2n) is 7.24. The number of carbonyl (C=O) groups is 2. The van der Waals surface area contributed by atoms with Gasteiger partial charge in [-0.25, -0.2) is 0 Å². The lowest BCUT2D eigenvalue weighted by atomic mass is 9.99. The number of amides is 1. The molecule has 1 aromatic heterocycles. The van der Waals surface area contributed by atoms with Crippen LogP contribution in [0.1, 0.15) is 22.0 Å². The highest BCUT2D eigenvalue weighted by Crippen LogP contribution is 2.46. The number of aromatic hydroxyl groups is 1. The molecule has 31 heavy (non-hydrogen) atoms. The lowest BCUT2D eigenvalue weighted by Gasteiger charge is -2.25. The molecule has 0 aliphatic carbocycles. The van der Waals surface area contributed by atoms with Crippen molar-refractivity contribution in [2.45, 2.75) is 13.0 Å². The third-order valence-electron chi connectivity index (χ3n) is 5.29. The van der Waals surface area contributed by atoms with Crippen molar-refractivity contribution in [3.05, 3.63) is 75.5 Å². The van der Waals surface area contributed by atoms with Crippen LogP contribution in [-0.4, -0.2) is 28.7 Å². The Hall–Kier alpha value is -3.78. The van der Waals surface area contributed by atoms with Crippen LogP contribution >= 0.6 is 11.3 Å². The molecule has 1 unspecified atom stereocenters. The van der Waals surface area contributed by atoms with Crippen molar-refractivity contribution in [3.8, 4) is 17.2 Å². The minimum atomic E-state index is -0.877. The molecule has 2 aliphatic heterocycles. The molecular formula is C23H17NO6S. The zero-order valence-corrected chi connectivity index (χ0v) is 17.2. The lowest BCUT2D eigenvalue weighted by Crippen LogP contribution is -2.29. The largest absolute Gasteiger partial charge is 0.507 e. The summed E-state index contributed by atoms with van der Waals surface area (Å²) in [6.45, 7) is 1.90. The van der Waals surface area contributed by atoms with E-state index in [0.717, 1.165) is 5.56 Å². The number of aliphatic hydroxyl groups excluding tert-OH is 1. The summed E-state index contributed by atoms with van der Waals surface area (Å²) in [5.41, 5.74) is 1.31. The number of nitrogens with zero attached hydrogens (tertiary/aromatic N) is 1. The summed E-state index contributed by atoms with van der Waals surface area (Å²) in [4.78, 5) is 28.1. The second-order valence-corrected chi connectivity index (χ2v) is 8.22. The van der Waals surface area contributed by atoms with Crippen molar-refractivity contribution in [3.63, 3.8) is 0 Å². The molecule has 0 spiro atoms. The lowest BCUT2D eigenvalue weighted by molar-refractivity contribution is -0.132. The number of benzene rings is 2. The number of aliphatic hydroxyl groups is 1. The van der Waals surface area contributed by atoms with Crippen LogP contribution in [0.5, 0.6) is 17.2 Å². The number of carbonyl (C=O) groups excluding carboxylic acids is 2. The first-order valence-electron chi connectivity index (χ1n) is 9.50. The van der Waals surface area contributed by atoms with E-state index >= 15 is 0 Å². The van der Waals surface area contributed by atoms with Crippen LogP contribution in [0.4, 0.5) is 5.69 Å². The molecule has 0 bridgehead atoms. The third-order valence-corrected chi connectivity index (χ3v) is 6.22. The van der Waals surface area contributed by atoms with Crippen molar-refractivity contribution < 1.29 is 29.3 Å². The number of rotatable bonds is 3. The van der Waals surface area contributed by atoms with E-state index in [1.54, 1.807) is 42.5 Å². The predicted molar refractivity (Wildman–Crippen MR) is 115 cm³/mol. The quantitative estimate of drug-likeness (QED) is 0.365. The Labute approximate surface area is 181 Å². The highest BCUT2D eigenvalue weighted by molar-refractivity contribution is 7.10. The van der Waals surface area contributed by atoms with E-state index in [-0.39, 0.29) is 29.6 Å². The number of phenols is 1. The molecule has 1 fully saturated rings. The number of Topliss-reactive ketones (excluding diaryl/α,β-unsaturated/α-hetero) is 1. The summed E-state index contributed by atoms with van der Waals surface area (Å²) >= 11 is 1.35. The Balaban J connectivity index is 1.71. The molecule has 156 valence electrons. The fourth-order valence-corrected chi connectivity index (χ4v) is 4.65. The van der Waals surface area contributed by atoms with Gasteiger partial charge in [0.15, 0.2) is 11.5 Å². The van der Waals surface area contributed by atoms with Crippen LogP contribution < -0.4 is 14.4 Å². The average Bonchev–Trinajstić information content (AvgIpc) is 3.50. The van der Waals surface area contributed by atoms with Gasteiger partial charge in [0.05, 0.1) is 11.3 Å².